The first kappa shape index (κ1) is 11.8. The van der Waals surface area contributed by atoms with Gasteiger partial charge >= 0.3 is 0 Å². The molecule has 0 aliphatic heterocycles. The second-order valence-corrected chi connectivity index (χ2v) is 4.58. The van der Waals surface area contributed by atoms with Crippen LogP contribution in [0.25, 0.3) is 0 Å². The summed E-state index contributed by atoms with van der Waals surface area (Å²) >= 11 is 1.74. The number of methoxy groups -OCH3 is 1. The van der Waals surface area contributed by atoms with Crippen molar-refractivity contribution in [2.75, 3.05) is 12.8 Å². The van der Waals surface area contributed by atoms with E-state index in [0.29, 0.717) is 5.88 Å². The number of thioether (sulfide) groups is 1. The van der Waals surface area contributed by atoms with Gasteiger partial charge in [-0.3, -0.25) is 0 Å². The van der Waals surface area contributed by atoms with Gasteiger partial charge in [-0.2, -0.15) is 0 Å². The summed E-state index contributed by atoms with van der Waals surface area (Å²) in [5, 5.41) is 0. The fraction of sp³-hybridized carbons (Fsp3) is 0.154. The normalized spacial score (nSPS) is 10.2. The molecule has 0 radical (unpaired) electrons. The van der Waals surface area contributed by atoms with E-state index in [1.165, 1.54) is 4.90 Å². The highest BCUT2D eigenvalue weighted by Gasteiger charge is 2.03. The van der Waals surface area contributed by atoms with Crippen LogP contribution in [0.2, 0.25) is 0 Å². The number of pyridine rings is 1. The van der Waals surface area contributed by atoms with Gasteiger partial charge in [-0.05, 0) is 30.3 Å². The van der Waals surface area contributed by atoms with Crippen molar-refractivity contribution < 1.29 is 4.74 Å². The fourth-order valence-electron chi connectivity index (χ4n) is 1.44. The molecule has 0 spiro atoms. The number of nitrogens with zero attached hydrogens (tertiary/aromatic N) is 1. The Morgan fingerprint density at radius 3 is 2.71 bits per heavy atom. The van der Waals surface area contributed by atoms with Crippen molar-refractivity contribution in [3.63, 3.8) is 0 Å². The van der Waals surface area contributed by atoms with Gasteiger partial charge in [0.2, 0.25) is 5.88 Å². The van der Waals surface area contributed by atoms with E-state index < -0.39 is 0 Å². The topological polar surface area (TPSA) is 48.1 Å². The molecule has 3 nitrogen and oxygen atoms in total. The van der Waals surface area contributed by atoms with Crippen molar-refractivity contribution in [2.45, 2.75) is 10.6 Å². The number of ether oxygens (including phenoxy) is 1. The third-order valence-electron chi connectivity index (χ3n) is 2.32. The van der Waals surface area contributed by atoms with Crippen molar-refractivity contribution >= 4 is 17.4 Å². The minimum absolute atomic E-state index is 0.690. The number of hydrogen-bond acceptors (Lipinski definition) is 4. The number of aromatic nitrogens is 1. The first-order valence-electron chi connectivity index (χ1n) is 5.26. The van der Waals surface area contributed by atoms with Crippen LogP contribution in [0.4, 0.5) is 5.69 Å². The zero-order valence-electron chi connectivity index (χ0n) is 9.59. The van der Waals surface area contributed by atoms with Gasteiger partial charge in [0.1, 0.15) is 0 Å². The van der Waals surface area contributed by atoms with Gasteiger partial charge in [0, 0.05) is 28.1 Å². The third-order valence-corrected chi connectivity index (χ3v) is 3.38. The average Bonchev–Trinajstić information content (AvgIpc) is 2.38. The summed E-state index contributed by atoms with van der Waals surface area (Å²) in [6.07, 6.45) is 1.73. The quantitative estimate of drug-likeness (QED) is 0.665. The number of rotatable bonds is 4. The molecule has 1 heterocycles. The first-order chi connectivity index (χ1) is 8.29. The van der Waals surface area contributed by atoms with E-state index in [1.54, 1.807) is 25.1 Å². The Morgan fingerprint density at radius 2 is 2.00 bits per heavy atom. The molecule has 0 fully saturated rings. The maximum atomic E-state index is 5.64. The SMILES string of the molecule is COc1ncccc1CSc1ccc(N)cc1. The van der Waals surface area contributed by atoms with Crippen LogP contribution >= 0.6 is 11.8 Å². The Labute approximate surface area is 105 Å². The smallest absolute Gasteiger partial charge is 0.217 e. The lowest BCUT2D eigenvalue weighted by Crippen LogP contribution is -1.92. The van der Waals surface area contributed by atoms with Crippen LogP contribution in [0.1, 0.15) is 5.56 Å². The molecule has 0 saturated carbocycles. The molecule has 17 heavy (non-hydrogen) atoms. The Kier molecular flexibility index (Phi) is 3.88. The molecule has 0 aliphatic rings. The number of nitrogen functional groups attached to an aromatic ring is 1. The molecule has 0 bridgehead atoms. The molecule has 4 heteroatoms. The first-order valence-corrected chi connectivity index (χ1v) is 6.24. The molecule has 0 saturated heterocycles. The molecule has 1 aromatic carbocycles. The highest BCUT2D eigenvalue weighted by molar-refractivity contribution is 7.98. The van der Waals surface area contributed by atoms with E-state index in [1.807, 2.05) is 36.4 Å². The van der Waals surface area contributed by atoms with Crippen LogP contribution in [0, 0.1) is 0 Å². The van der Waals surface area contributed by atoms with Crippen molar-refractivity contribution in [3.05, 3.63) is 48.2 Å². The number of benzene rings is 1. The van der Waals surface area contributed by atoms with Gasteiger partial charge in [0.15, 0.2) is 0 Å². The second kappa shape index (κ2) is 5.59. The van der Waals surface area contributed by atoms with E-state index in [4.69, 9.17) is 10.5 Å². The molecule has 0 unspecified atom stereocenters. The molecule has 88 valence electrons. The van der Waals surface area contributed by atoms with Gasteiger partial charge < -0.3 is 10.5 Å². The third kappa shape index (κ3) is 3.14. The Balaban J connectivity index is 2.04. The average molecular weight is 246 g/mol. The van der Waals surface area contributed by atoms with Gasteiger partial charge in [-0.15, -0.1) is 11.8 Å². The van der Waals surface area contributed by atoms with Crippen molar-refractivity contribution in [2.24, 2.45) is 0 Å². The van der Waals surface area contributed by atoms with E-state index in [0.717, 1.165) is 17.0 Å². The van der Waals surface area contributed by atoms with E-state index >= 15 is 0 Å². The lowest BCUT2D eigenvalue weighted by atomic mass is 10.3. The molecule has 0 aliphatic carbocycles. The molecular formula is C13H14N2OS. The summed E-state index contributed by atoms with van der Waals surface area (Å²) in [4.78, 5) is 5.35. The van der Waals surface area contributed by atoms with Crippen LogP contribution < -0.4 is 10.5 Å². The Bertz CT molecular complexity index is 485. The second-order valence-electron chi connectivity index (χ2n) is 3.53. The predicted molar refractivity (Wildman–Crippen MR) is 71.2 cm³/mol. The summed E-state index contributed by atoms with van der Waals surface area (Å²) in [7, 11) is 1.64. The van der Waals surface area contributed by atoms with Crippen LogP contribution in [0.15, 0.2) is 47.5 Å². The summed E-state index contributed by atoms with van der Waals surface area (Å²) in [6.45, 7) is 0. The molecule has 2 N–H and O–H groups in total. The molecule has 0 amide bonds. The van der Waals surface area contributed by atoms with Crippen LogP contribution in [0.5, 0.6) is 5.88 Å². The number of anilines is 1. The zero-order valence-corrected chi connectivity index (χ0v) is 10.4. The standard InChI is InChI=1S/C13H14N2OS/c1-16-13-10(3-2-8-15-13)9-17-12-6-4-11(14)5-7-12/h2-8H,9,14H2,1H3. The summed E-state index contributed by atoms with van der Waals surface area (Å²) in [5.41, 5.74) is 7.52. The van der Waals surface area contributed by atoms with Crippen LogP contribution in [-0.2, 0) is 5.75 Å². The predicted octanol–water partition coefficient (Wildman–Crippen LogP) is 2.96. The van der Waals surface area contributed by atoms with Crippen LogP contribution in [0.3, 0.4) is 0 Å². The molecule has 1 aromatic heterocycles. The molecule has 2 rings (SSSR count). The van der Waals surface area contributed by atoms with Gasteiger partial charge in [-0.1, -0.05) is 6.07 Å². The molecule has 0 atom stereocenters. The Hall–Kier alpha value is -1.68. The summed E-state index contributed by atoms with van der Waals surface area (Å²) in [5.74, 6) is 1.52. The van der Waals surface area contributed by atoms with Gasteiger partial charge in [-0.25, -0.2) is 4.98 Å². The van der Waals surface area contributed by atoms with Gasteiger partial charge in [0.25, 0.3) is 0 Å². The molecule has 2 aromatic rings. The highest BCUT2D eigenvalue weighted by atomic mass is 32.2. The van der Waals surface area contributed by atoms with E-state index in [9.17, 15) is 0 Å². The van der Waals surface area contributed by atoms with Crippen molar-refractivity contribution in [3.8, 4) is 5.88 Å². The minimum atomic E-state index is 0.690. The maximum absolute atomic E-state index is 5.64. The van der Waals surface area contributed by atoms with E-state index in [2.05, 4.69) is 4.98 Å². The van der Waals surface area contributed by atoms with Crippen molar-refractivity contribution in [1.29, 1.82) is 0 Å². The fourth-order valence-corrected chi connectivity index (χ4v) is 2.31. The Morgan fingerprint density at radius 1 is 1.24 bits per heavy atom. The highest BCUT2D eigenvalue weighted by Crippen LogP contribution is 2.26. The summed E-state index contributed by atoms with van der Waals surface area (Å²) < 4.78 is 5.21. The molecular weight excluding hydrogens is 232 g/mol. The monoisotopic (exact) mass is 246 g/mol. The zero-order chi connectivity index (χ0) is 12.1. The van der Waals surface area contributed by atoms with Crippen molar-refractivity contribution in [1.82, 2.24) is 4.98 Å². The van der Waals surface area contributed by atoms with Crippen LogP contribution in [-0.4, -0.2) is 12.1 Å². The lowest BCUT2D eigenvalue weighted by molar-refractivity contribution is 0.394. The van der Waals surface area contributed by atoms with E-state index in [-0.39, 0.29) is 0 Å². The maximum Gasteiger partial charge on any atom is 0.217 e. The number of hydrogen-bond donors (Lipinski definition) is 1. The van der Waals surface area contributed by atoms with Gasteiger partial charge in [0.05, 0.1) is 7.11 Å². The summed E-state index contributed by atoms with van der Waals surface area (Å²) in [6, 6.07) is 11.8. The number of nitrogens with two attached hydrogens (primary N) is 1. The minimum Gasteiger partial charge on any atom is -0.481 e. The lowest BCUT2D eigenvalue weighted by Gasteiger charge is -2.06. The largest absolute Gasteiger partial charge is 0.481 e.